The fourth-order valence-corrected chi connectivity index (χ4v) is 5.69. The first kappa shape index (κ1) is 22.6. The first-order valence-electron chi connectivity index (χ1n) is 9.91. The van der Waals surface area contributed by atoms with Gasteiger partial charge >= 0.3 is 0 Å². The molecule has 29 heavy (non-hydrogen) atoms. The molecule has 4 unspecified atom stereocenters. The summed E-state index contributed by atoms with van der Waals surface area (Å²) in [5.74, 6) is 1.06. The van der Waals surface area contributed by atoms with Gasteiger partial charge in [-0.3, -0.25) is 4.79 Å². The van der Waals surface area contributed by atoms with Crippen LogP contribution in [0.4, 0.5) is 0 Å². The van der Waals surface area contributed by atoms with Crippen LogP contribution in [-0.2, 0) is 6.42 Å². The van der Waals surface area contributed by atoms with E-state index in [2.05, 4.69) is 12.2 Å². The minimum Gasteiger partial charge on any atom is -0.488 e. The van der Waals surface area contributed by atoms with E-state index in [0.29, 0.717) is 6.54 Å². The molecule has 4 nitrogen and oxygen atoms in total. The normalized spacial score (nSPS) is 26.1. The average molecular weight is 454 g/mol. The summed E-state index contributed by atoms with van der Waals surface area (Å²) in [6.45, 7) is 2.69. The van der Waals surface area contributed by atoms with E-state index >= 15 is 0 Å². The van der Waals surface area contributed by atoms with E-state index in [-0.39, 0.29) is 36.3 Å². The van der Waals surface area contributed by atoms with Crippen LogP contribution in [0.25, 0.3) is 0 Å². The van der Waals surface area contributed by atoms with Crippen molar-refractivity contribution in [3.8, 4) is 5.75 Å². The molecular weight excluding hydrogens is 426 g/mol. The quantitative estimate of drug-likeness (QED) is 0.630. The maximum Gasteiger partial charge on any atom is 0.168 e. The molecule has 2 aliphatic rings. The van der Waals surface area contributed by atoms with E-state index in [1.54, 1.807) is 23.1 Å². The summed E-state index contributed by atoms with van der Waals surface area (Å²) in [6.07, 6.45) is 4.84. The lowest BCUT2D eigenvalue weighted by Crippen LogP contribution is -2.44. The van der Waals surface area contributed by atoms with Gasteiger partial charge < -0.3 is 15.2 Å². The monoisotopic (exact) mass is 453 g/mol. The predicted molar refractivity (Wildman–Crippen MR) is 122 cm³/mol. The van der Waals surface area contributed by atoms with Crippen molar-refractivity contribution < 1.29 is 14.6 Å². The number of aryl methyl sites for hydroxylation is 2. The summed E-state index contributed by atoms with van der Waals surface area (Å²) in [4.78, 5) is 16.4. The minimum atomic E-state index is -0.558. The van der Waals surface area contributed by atoms with Crippen molar-refractivity contribution in [3.63, 3.8) is 0 Å². The highest BCUT2D eigenvalue weighted by Crippen LogP contribution is 2.32. The van der Waals surface area contributed by atoms with Gasteiger partial charge in [-0.2, -0.15) is 0 Å². The third-order valence-electron chi connectivity index (χ3n) is 5.82. The molecule has 2 aliphatic carbocycles. The summed E-state index contributed by atoms with van der Waals surface area (Å²) in [5.41, 5.74) is 0.919. The van der Waals surface area contributed by atoms with E-state index in [0.717, 1.165) is 37.0 Å². The number of aliphatic hydroxyl groups is 1. The third kappa shape index (κ3) is 5.00. The number of benzene rings is 1. The summed E-state index contributed by atoms with van der Waals surface area (Å²) >= 11 is 3.44. The Hall–Kier alpha value is -1.05. The topological polar surface area (TPSA) is 58.6 Å². The molecule has 1 aromatic heterocycles. The molecule has 4 rings (SSSR count). The molecule has 0 aliphatic heterocycles. The summed E-state index contributed by atoms with van der Waals surface area (Å²) in [5, 5.41) is 14.1. The van der Waals surface area contributed by atoms with Gasteiger partial charge in [0.15, 0.2) is 5.78 Å². The predicted octanol–water partition coefficient (Wildman–Crippen LogP) is 4.51. The molecule has 4 atom stereocenters. The molecule has 0 spiro atoms. The zero-order chi connectivity index (χ0) is 19.7. The number of Topliss-reactive ketones (excluding diaryl/α,β-unsaturated/α-hetero) is 1. The molecule has 1 heterocycles. The highest BCUT2D eigenvalue weighted by atomic mass is 35.5. The molecule has 1 fully saturated rings. The van der Waals surface area contributed by atoms with Crippen molar-refractivity contribution in [2.45, 2.75) is 55.8 Å². The van der Waals surface area contributed by atoms with Crippen LogP contribution in [0.2, 0.25) is 0 Å². The number of aliphatic hydroxyl groups excluding tert-OH is 1. The first-order chi connectivity index (χ1) is 13.5. The van der Waals surface area contributed by atoms with E-state index in [1.807, 2.05) is 36.6 Å². The number of thiophene rings is 1. The smallest absolute Gasteiger partial charge is 0.168 e. The number of carbonyl (C=O) groups is 1. The Morgan fingerprint density at radius 1 is 1.24 bits per heavy atom. The van der Waals surface area contributed by atoms with Crippen LogP contribution in [-0.4, -0.2) is 41.9 Å². The van der Waals surface area contributed by atoms with Crippen molar-refractivity contribution in [1.29, 1.82) is 0 Å². The number of thioether (sulfide) groups is 1. The van der Waals surface area contributed by atoms with Gasteiger partial charge in [0.05, 0.1) is 0 Å². The van der Waals surface area contributed by atoms with E-state index in [1.165, 1.54) is 14.6 Å². The number of ether oxygens (including phenoxy) is 1. The first-order valence-corrected chi connectivity index (χ1v) is 11.9. The van der Waals surface area contributed by atoms with Gasteiger partial charge in [0.2, 0.25) is 0 Å². The van der Waals surface area contributed by atoms with Gasteiger partial charge in [-0.25, -0.2) is 0 Å². The number of hydrogen-bond acceptors (Lipinski definition) is 6. The van der Waals surface area contributed by atoms with Crippen molar-refractivity contribution >= 4 is 41.3 Å². The fourth-order valence-electron chi connectivity index (χ4n) is 4.23. The van der Waals surface area contributed by atoms with E-state index < -0.39 is 6.10 Å². The molecule has 2 N–H and O–H groups in total. The summed E-state index contributed by atoms with van der Waals surface area (Å²) in [7, 11) is 0. The zero-order valence-corrected chi connectivity index (χ0v) is 19.2. The third-order valence-corrected chi connectivity index (χ3v) is 7.67. The number of halogens is 1. The molecule has 2 aromatic rings. The number of carbonyl (C=O) groups excluding carboxylic acids is 1. The molecular formula is C22H28ClNO3S2. The van der Waals surface area contributed by atoms with Crippen LogP contribution < -0.4 is 10.1 Å². The second-order valence-corrected chi connectivity index (χ2v) is 9.93. The SMILES string of the molecule is CSc1ccc(OC2CCC(NCC3CCc4sc(C)cc4C3=O)C2O)cc1.Cl. The summed E-state index contributed by atoms with van der Waals surface area (Å²) in [6, 6.07) is 10.00. The number of ketones is 1. The lowest BCUT2D eigenvalue weighted by Gasteiger charge is -2.25. The lowest BCUT2D eigenvalue weighted by molar-refractivity contribution is 0.0441. The van der Waals surface area contributed by atoms with Gasteiger partial charge in [-0.1, -0.05) is 0 Å². The van der Waals surface area contributed by atoms with Crippen LogP contribution in [0.1, 0.15) is 39.4 Å². The van der Waals surface area contributed by atoms with Gasteiger partial charge in [-0.15, -0.1) is 35.5 Å². The molecule has 7 heteroatoms. The van der Waals surface area contributed by atoms with Crippen molar-refractivity contribution in [3.05, 3.63) is 45.6 Å². The van der Waals surface area contributed by atoms with Gasteiger partial charge in [0, 0.05) is 38.7 Å². The highest BCUT2D eigenvalue weighted by Gasteiger charge is 2.37. The fraction of sp³-hybridized carbons (Fsp3) is 0.500. The van der Waals surface area contributed by atoms with Crippen molar-refractivity contribution in [2.24, 2.45) is 5.92 Å². The highest BCUT2D eigenvalue weighted by molar-refractivity contribution is 7.98. The molecule has 0 radical (unpaired) electrons. The molecule has 1 saturated carbocycles. The molecule has 0 bridgehead atoms. The standard InChI is InChI=1S/C22H27NO3S2.ClH/c1-13-11-17-20(28-13)10-3-14(21(17)24)12-23-18-8-9-19(22(18)25)26-15-4-6-16(27-2)7-5-15;/h4-7,11,14,18-19,22-23,25H,3,8-10,12H2,1-2H3;1H. The van der Waals surface area contributed by atoms with Crippen molar-refractivity contribution in [1.82, 2.24) is 5.32 Å². The van der Waals surface area contributed by atoms with Crippen LogP contribution in [0.5, 0.6) is 5.75 Å². The van der Waals surface area contributed by atoms with Crippen LogP contribution in [0.15, 0.2) is 35.2 Å². The van der Waals surface area contributed by atoms with Crippen LogP contribution in [0.3, 0.4) is 0 Å². The number of rotatable bonds is 6. The largest absolute Gasteiger partial charge is 0.488 e. The maximum absolute atomic E-state index is 12.8. The molecule has 0 amide bonds. The van der Waals surface area contributed by atoms with Crippen LogP contribution in [0, 0.1) is 12.8 Å². The maximum atomic E-state index is 12.8. The summed E-state index contributed by atoms with van der Waals surface area (Å²) < 4.78 is 6.01. The number of nitrogens with one attached hydrogen (secondary N) is 1. The van der Waals surface area contributed by atoms with Crippen molar-refractivity contribution in [2.75, 3.05) is 12.8 Å². The Morgan fingerprint density at radius 2 is 2.00 bits per heavy atom. The number of fused-ring (bicyclic) bond motifs is 1. The zero-order valence-electron chi connectivity index (χ0n) is 16.7. The number of hydrogen-bond donors (Lipinski definition) is 2. The molecule has 158 valence electrons. The lowest BCUT2D eigenvalue weighted by atomic mass is 9.87. The Morgan fingerprint density at radius 3 is 2.72 bits per heavy atom. The average Bonchev–Trinajstić information content (AvgIpc) is 3.25. The minimum absolute atomic E-state index is 0. The van der Waals surface area contributed by atoms with E-state index in [4.69, 9.17) is 4.74 Å². The second kappa shape index (κ2) is 9.84. The Balaban J connectivity index is 0.00000240. The molecule has 1 aromatic carbocycles. The van der Waals surface area contributed by atoms with Gasteiger partial charge in [0.1, 0.15) is 18.0 Å². The Kier molecular flexibility index (Phi) is 7.68. The van der Waals surface area contributed by atoms with Crippen LogP contribution >= 0.6 is 35.5 Å². The second-order valence-electron chi connectivity index (χ2n) is 7.71. The van der Waals surface area contributed by atoms with Gasteiger partial charge in [0.25, 0.3) is 0 Å². The van der Waals surface area contributed by atoms with E-state index in [9.17, 15) is 9.90 Å². The molecule has 0 saturated heterocycles. The Bertz CT molecular complexity index is 839. The van der Waals surface area contributed by atoms with Gasteiger partial charge in [-0.05, 0) is 69.2 Å². The Labute approximate surface area is 186 Å².